The number of hydrogen-bond donors (Lipinski definition) is 1. The molecule has 28 heavy (non-hydrogen) atoms. The van der Waals surface area contributed by atoms with Crippen molar-refractivity contribution in [2.45, 2.75) is 25.4 Å². The number of carbonyl (C=O) groups excluding carboxylic acids is 2. The SMILES string of the molecule is CCCN(CC(=O)Nc1ccccc1C)C(=O)CSc1nc2ncccn2n1. The van der Waals surface area contributed by atoms with Crippen molar-refractivity contribution in [3.8, 4) is 0 Å². The van der Waals surface area contributed by atoms with Crippen LogP contribution in [0.1, 0.15) is 18.9 Å². The van der Waals surface area contributed by atoms with E-state index in [-0.39, 0.29) is 24.1 Å². The number of hydrogen-bond acceptors (Lipinski definition) is 6. The van der Waals surface area contributed by atoms with Gasteiger partial charge in [-0.15, -0.1) is 5.10 Å². The number of anilines is 1. The number of amides is 2. The van der Waals surface area contributed by atoms with Gasteiger partial charge in [0.05, 0.1) is 12.3 Å². The van der Waals surface area contributed by atoms with Gasteiger partial charge in [0.1, 0.15) is 0 Å². The summed E-state index contributed by atoms with van der Waals surface area (Å²) in [4.78, 5) is 35.0. The Balaban J connectivity index is 1.58. The molecule has 1 aromatic carbocycles. The Labute approximate surface area is 167 Å². The number of nitrogens with zero attached hydrogens (tertiary/aromatic N) is 5. The largest absolute Gasteiger partial charge is 0.333 e. The van der Waals surface area contributed by atoms with E-state index < -0.39 is 0 Å². The molecule has 0 aliphatic rings. The average molecular weight is 398 g/mol. The summed E-state index contributed by atoms with van der Waals surface area (Å²) < 4.78 is 1.56. The fourth-order valence-corrected chi connectivity index (χ4v) is 3.36. The summed E-state index contributed by atoms with van der Waals surface area (Å²) in [6.45, 7) is 4.43. The normalized spacial score (nSPS) is 10.8. The quantitative estimate of drug-likeness (QED) is 0.586. The highest BCUT2D eigenvalue weighted by atomic mass is 32.2. The molecule has 2 heterocycles. The van der Waals surface area contributed by atoms with Crippen LogP contribution in [0.5, 0.6) is 0 Å². The van der Waals surface area contributed by atoms with E-state index in [1.54, 1.807) is 27.9 Å². The summed E-state index contributed by atoms with van der Waals surface area (Å²) in [7, 11) is 0. The maximum Gasteiger partial charge on any atom is 0.253 e. The molecule has 3 rings (SSSR count). The van der Waals surface area contributed by atoms with Crippen LogP contribution >= 0.6 is 11.8 Å². The van der Waals surface area contributed by atoms with Crippen molar-refractivity contribution in [1.82, 2.24) is 24.5 Å². The molecular weight excluding hydrogens is 376 g/mol. The lowest BCUT2D eigenvalue weighted by atomic mass is 10.2. The molecular formula is C19H22N6O2S. The zero-order valence-electron chi connectivity index (χ0n) is 15.8. The molecule has 3 aromatic rings. The number of para-hydroxylation sites is 1. The third-order valence-electron chi connectivity index (χ3n) is 4.02. The molecule has 2 amide bonds. The van der Waals surface area contributed by atoms with Gasteiger partial charge >= 0.3 is 0 Å². The maximum atomic E-state index is 12.6. The predicted octanol–water partition coefficient (Wildman–Crippen LogP) is 2.40. The summed E-state index contributed by atoms with van der Waals surface area (Å²) in [5.74, 6) is 0.310. The minimum Gasteiger partial charge on any atom is -0.333 e. The predicted molar refractivity (Wildman–Crippen MR) is 108 cm³/mol. The topological polar surface area (TPSA) is 92.5 Å². The molecule has 0 spiro atoms. The fourth-order valence-electron chi connectivity index (χ4n) is 2.63. The lowest BCUT2D eigenvalue weighted by Gasteiger charge is -2.21. The third kappa shape index (κ3) is 5.07. The van der Waals surface area contributed by atoms with Crippen molar-refractivity contribution in [3.05, 3.63) is 48.3 Å². The van der Waals surface area contributed by atoms with E-state index in [0.717, 1.165) is 17.7 Å². The van der Waals surface area contributed by atoms with Crippen LogP contribution in [0.2, 0.25) is 0 Å². The number of carbonyl (C=O) groups is 2. The van der Waals surface area contributed by atoms with Crippen molar-refractivity contribution < 1.29 is 9.59 Å². The second-order valence-corrected chi connectivity index (χ2v) is 7.17. The van der Waals surface area contributed by atoms with Gasteiger partial charge in [-0.1, -0.05) is 36.9 Å². The number of aryl methyl sites for hydroxylation is 1. The van der Waals surface area contributed by atoms with E-state index in [9.17, 15) is 9.59 Å². The average Bonchev–Trinajstić information content (AvgIpc) is 3.10. The van der Waals surface area contributed by atoms with Gasteiger partial charge in [-0.25, -0.2) is 9.50 Å². The third-order valence-corrected chi connectivity index (χ3v) is 4.84. The highest BCUT2D eigenvalue weighted by Crippen LogP contribution is 2.15. The highest BCUT2D eigenvalue weighted by molar-refractivity contribution is 7.99. The lowest BCUT2D eigenvalue weighted by Crippen LogP contribution is -2.39. The Hall–Kier alpha value is -2.94. The minimum absolute atomic E-state index is 0.0156. The Morgan fingerprint density at radius 1 is 1.25 bits per heavy atom. The van der Waals surface area contributed by atoms with Crippen LogP contribution in [0.15, 0.2) is 47.9 Å². The molecule has 146 valence electrons. The summed E-state index contributed by atoms with van der Waals surface area (Å²) in [6.07, 6.45) is 4.16. The smallest absolute Gasteiger partial charge is 0.253 e. The van der Waals surface area contributed by atoms with E-state index in [1.807, 2.05) is 38.1 Å². The summed E-state index contributed by atoms with van der Waals surface area (Å²) in [5, 5.41) is 7.62. The van der Waals surface area contributed by atoms with Crippen LogP contribution in [0.25, 0.3) is 5.78 Å². The van der Waals surface area contributed by atoms with E-state index in [4.69, 9.17) is 0 Å². The first-order valence-electron chi connectivity index (χ1n) is 9.00. The number of fused-ring (bicyclic) bond motifs is 1. The minimum atomic E-state index is -0.212. The van der Waals surface area contributed by atoms with E-state index in [1.165, 1.54) is 11.8 Å². The lowest BCUT2D eigenvalue weighted by molar-refractivity contribution is -0.132. The van der Waals surface area contributed by atoms with Gasteiger partial charge in [0.2, 0.25) is 17.0 Å². The van der Waals surface area contributed by atoms with Crippen molar-refractivity contribution in [2.24, 2.45) is 0 Å². The monoisotopic (exact) mass is 398 g/mol. The van der Waals surface area contributed by atoms with Crippen LogP contribution < -0.4 is 5.32 Å². The molecule has 9 heteroatoms. The number of thioether (sulfide) groups is 1. The van der Waals surface area contributed by atoms with Crippen molar-refractivity contribution in [1.29, 1.82) is 0 Å². The molecule has 8 nitrogen and oxygen atoms in total. The van der Waals surface area contributed by atoms with Crippen LogP contribution in [-0.4, -0.2) is 55.1 Å². The first-order chi connectivity index (χ1) is 13.6. The van der Waals surface area contributed by atoms with Crippen LogP contribution in [0, 0.1) is 6.92 Å². The second-order valence-electron chi connectivity index (χ2n) is 6.23. The number of rotatable bonds is 8. The van der Waals surface area contributed by atoms with Gasteiger partial charge in [-0.05, 0) is 31.0 Å². The molecule has 0 saturated carbocycles. The summed E-state index contributed by atoms with van der Waals surface area (Å²) in [5.41, 5.74) is 1.73. The Morgan fingerprint density at radius 2 is 2.07 bits per heavy atom. The fraction of sp³-hybridized carbons (Fsp3) is 0.316. The van der Waals surface area contributed by atoms with Gasteiger partial charge in [-0.2, -0.15) is 4.98 Å². The molecule has 0 fully saturated rings. The van der Waals surface area contributed by atoms with Gasteiger partial charge in [0, 0.05) is 24.6 Å². The molecule has 0 bridgehead atoms. The standard InChI is InChI=1S/C19H22N6O2S/c1-3-10-24(12-16(26)21-15-8-5-4-7-14(15)2)17(27)13-28-19-22-18-20-9-6-11-25(18)23-19/h4-9,11H,3,10,12-13H2,1-2H3,(H,21,26). The molecule has 0 atom stereocenters. The molecule has 0 radical (unpaired) electrons. The highest BCUT2D eigenvalue weighted by Gasteiger charge is 2.18. The van der Waals surface area contributed by atoms with Crippen LogP contribution in [-0.2, 0) is 9.59 Å². The summed E-state index contributed by atoms with van der Waals surface area (Å²) >= 11 is 1.24. The summed E-state index contributed by atoms with van der Waals surface area (Å²) in [6, 6.07) is 9.32. The molecule has 0 saturated heterocycles. The number of nitrogens with one attached hydrogen (secondary N) is 1. The van der Waals surface area contributed by atoms with Crippen LogP contribution in [0.3, 0.4) is 0 Å². The van der Waals surface area contributed by atoms with Gasteiger partial charge in [0.15, 0.2) is 0 Å². The zero-order chi connectivity index (χ0) is 19.9. The Morgan fingerprint density at radius 3 is 2.82 bits per heavy atom. The Bertz CT molecular complexity index is 941. The van der Waals surface area contributed by atoms with Gasteiger partial charge in [0.25, 0.3) is 5.78 Å². The maximum absolute atomic E-state index is 12.6. The molecule has 1 N–H and O–H groups in total. The molecule has 0 aliphatic carbocycles. The van der Waals surface area contributed by atoms with Crippen molar-refractivity contribution in [2.75, 3.05) is 24.2 Å². The van der Waals surface area contributed by atoms with Crippen molar-refractivity contribution >= 4 is 35.0 Å². The first-order valence-corrected chi connectivity index (χ1v) is 9.99. The van der Waals surface area contributed by atoms with Crippen LogP contribution in [0.4, 0.5) is 5.69 Å². The molecule has 0 aliphatic heterocycles. The number of benzene rings is 1. The van der Waals surface area contributed by atoms with Gasteiger partial charge < -0.3 is 10.2 Å². The van der Waals surface area contributed by atoms with E-state index >= 15 is 0 Å². The van der Waals surface area contributed by atoms with Crippen molar-refractivity contribution in [3.63, 3.8) is 0 Å². The zero-order valence-corrected chi connectivity index (χ0v) is 16.6. The molecule has 2 aromatic heterocycles. The Kier molecular flexibility index (Phi) is 6.59. The van der Waals surface area contributed by atoms with Gasteiger partial charge in [-0.3, -0.25) is 9.59 Å². The molecule has 0 unspecified atom stereocenters. The van der Waals surface area contributed by atoms with E-state index in [0.29, 0.717) is 17.5 Å². The first kappa shape index (κ1) is 19.8. The number of aromatic nitrogens is 4. The second kappa shape index (κ2) is 9.32. The van der Waals surface area contributed by atoms with E-state index in [2.05, 4.69) is 20.4 Å².